The highest BCUT2D eigenvalue weighted by atomic mass is 16.6. The van der Waals surface area contributed by atoms with Gasteiger partial charge in [-0.2, -0.15) is 0 Å². The third-order valence-corrected chi connectivity index (χ3v) is 7.19. The van der Waals surface area contributed by atoms with Gasteiger partial charge in [-0.05, 0) is 49.9 Å². The van der Waals surface area contributed by atoms with E-state index in [2.05, 4.69) is 16.8 Å². The minimum atomic E-state index is -0.288. The summed E-state index contributed by atoms with van der Waals surface area (Å²) in [5.41, 5.74) is 0.657. The molecule has 0 unspecified atom stereocenters. The summed E-state index contributed by atoms with van der Waals surface area (Å²) in [7, 11) is 2.16. The molecule has 7 heteroatoms. The van der Waals surface area contributed by atoms with E-state index in [1.807, 2.05) is 17.0 Å². The molecule has 7 nitrogen and oxygen atoms in total. The molecule has 0 radical (unpaired) electrons. The first-order valence-corrected chi connectivity index (χ1v) is 10.9. The first-order chi connectivity index (χ1) is 14.1. The first kappa shape index (κ1) is 19.2. The zero-order chi connectivity index (χ0) is 20.0. The van der Waals surface area contributed by atoms with Crippen LogP contribution in [-0.4, -0.2) is 97.4 Å². The summed E-state index contributed by atoms with van der Waals surface area (Å²) in [6, 6.07) is 5.70. The molecule has 1 amide bonds. The van der Waals surface area contributed by atoms with Crippen LogP contribution in [0.1, 0.15) is 23.2 Å². The topological polar surface area (TPSA) is 65.5 Å². The third-order valence-electron chi connectivity index (χ3n) is 7.19. The van der Waals surface area contributed by atoms with Crippen LogP contribution >= 0.6 is 0 Å². The van der Waals surface area contributed by atoms with Gasteiger partial charge in [0, 0.05) is 50.9 Å². The number of hydrogen-bond donors (Lipinski definition) is 1. The summed E-state index contributed by atoms with van der Waals surface area (Å²) >= 11 is 0. The minimum absolute atomic E-state index is 0.0574. The number of carbonyl (C=O) groups excluding carboxylic acids is 1. The van der Waals surface area contributed by atoms with Gasteiger partial charge in [-0.3, -0.25) is 9.69 Å². The SMILES string of the molecule is CN1CCN([C@@H]2C[C@@H]3CN(C(=O)c4ccc5c(c4)OCCO5)C[C@@H]3C[C@H]2O)CC1. The van der Waals surface area contributed by atoms with Crippen molar-refractivity contribution in [3.63, 3.8) is 0 Å². The molecular formula is C22H31N3O4. The monoisotopic (exact) mass is 401 g/mol. The van der Waals surface area contributed by atoms with Gasteiger partial charge < -0.3 is 24.4 Å². The van der Waals surface area contributed by atoms with Crippen LogP contribution in [-0.2, 0) is 0 Å². The summed E-state index contributed by atoms with van der Waals surface area (Å²) < 4.78 is 11.2. The average Bonchev–Trinajstić information content (AvgIpc) is 3.15. The van der Waals surface area contributed by atoms with Gasteiger partial charge in [-0.1, -0.05) is 0 Å². The van der Waals surface area contributed by atoms with E-state index in [0.717, 1.165) is 52.1 Å². The molecule has 1 aromatic rings. The van der Waals surface area contributed by atoms with Gasteiger partial charge in [0.1, 0.15) is 13.2 Å². The Morgan fingerprint density at radius 3 is 2.45 bits per heavy atom. The van der Waals surface area contributed by atoms with Crippen molar-refractivity contribution in [1.29, 1.82) is 0 Å². The number of likely N-dealkylation sites (N-methyl/N-ethyl adjacent to an activating group) is 1. The molecule has 4 aliphatic rings. The number of aliphatic hydroxyl groups is 1. The van der Waals surface area contributed by atoms with Crippen molar-refractivity contribution in [2.75, 3.05) is 59.5 Å². The number of ether oxygens (including phenoxy) is 2. The molecule has 0 aromatic heterocycles. The molecule has 1 saturated carbocycles. The molecule has 3 aliphatic heterocycles. The molecule has 1 aromatic carbocycles. The summed E-state index contributed by atoms with van der Waals surface area (Å²) in [5, 5.41) is 10.8. The number of aliphatic hydroxyl groups excluding tert-OH is 1. The largest absolute Gasteiger partial charge is 0.486 e. The van der Waals surface area contributed by atoms with E-state index in [9.17, 15) is 9.90 Å². The lowest BCUT2D eigenvalue weighted by Crippen LogP contribution is -2.55. The number of benzene rings is 1. The highest BCUT2D eigenvalue weighted by Crippen LogP contribution is 2.39. The second-order valence-electron chi connectivity index (χ2n) is 9.03. The van der Waals surface area contributed by atoms with Crippen molar-refractivity contribution in [1.82, 2.24) is 14.7 Å². The van der Waals surface area contributed by atoms with E-state index in [1.165, 1.54) is 0 Å². The Morgan fingerprint density at radius 1 is 1.00 bits per heavy atom. The number of fused-ring (bicyclic) bond motifs is 2. The number of piperazine rings is 1. The Hall–Kier alpha value is -1.83. The number of hydrogen-bond acceptors (Lipinski definition) is 6. The van der Waals surface area contributed by atoms with Crippen molar-refractivity contribution in [3.8, 4) is 11.5 Å². The molecule has 1 N–H and O–H groups in total. The maximum Gasteiger partial charge on any atom is 0.254 e. The van der Waals surface area contributed by atoms with Gasteiger partial charge in [0.2, 0.25) is 0 Å². The van der Waals surface area contributed by atoms with Crippen LogP contribution in [0.5, 0.6) is 11.5 Å². The molecule has 158 valence electrons. The zero-order valence-electron chi connectivity index (χ0n) is 17.1. The molecule has 1 aliphatic carbocycles. The van der Waals surface area contributed by atoms with Crippen LogP contribution in [0.4, 0.5) is 0 Å². The van der Waals surface area contributed by atoms with E-state index < -0.39 is 0 Å². The van der Waals surface area contributed by atoms with E-state index >= 15 is 0 Å². The third kappa shape index (κ3) is 3.71. The predicted octanol–water partition coefficient (Wildman–Crippen LogP) is 0.917. The second-order valence-corrected chi connectivity index (χ2v) is 9.03. The summed E-state index contributed by atoms with van der Waals surface area (Å²) in [6.07, 6.45) is 1.50. The van der Waals surface area contributed by atoms with E-state index in [0.29, 0.717) is 42.1 Å². The van der Waals surface area contributed by atoms with Gasteiger partial charge in [0.25, 0.3) is 5.91 Å². The Bertz CT molecular complexity index is 764. The van der Waals surface area contributed by atoms with Crippen molar-refractivity contribution in [3.05, 3.63) is 23.8 Å². The van der Waals surface area contributed by atoms with Gasteiger partial charge in [-0.15, -0.1) is 0 Å². The fraction of sp³-hybridized carbons (Fsp3) is 0.682. The van der Waals surface area contributed by atoms with Crippen LogP contribution < -0.4 is 9.47 Å². The van der Waals surface area contributed by atoms with Crippen molar-refractivity contribution in [2.45, 2.75) is 25.0 Å². The van der Waals surface area contributed by atoms with Crippen LogP contribution in [0.25, 0.3) is 0 Å². The second kappa shape index (κ2) is 7.78. The fourth-order valence-corrected chi connectivity index (χ4v) is 5.48. The highest BCUT2D eigenvalue weighted by molar-refractivity contribution is 5.95. The Labute approximate surface area is 172 Å². The van der Waals surface area contributed by atoms with Gasteiger partial charge >= 0.3 is 0 Å². The molecule has 4 atom stereocenters. The normalized spacial score (nSPS) is 32.8. The smallest absolute Gasteiger partial charge is 0.254 e. The number of amides is 1. The maximum absolute atomic E-state index is 13.1. The Morgan fingerprint density at radius 2 is 1.69 bits per heavy atom. The zero-order valence-corrected chi connectivity index (χ0v) is 17.1. The first-order valence-electron chi connectivity index (χ1n) is 10.9. The predicted molar refractivity (Wildman–Crippen MR) is 108 cm³/mol. The lowest BCUT2D eigenvalue weighted by molar-refractivity contribution is -0.0249. The minimum Gasteiger partial charge on any atom is -0.486 e. The van der Waals surface area contributed by atoms with Gasteiger partial charge in [0.15, 0.2) is 11.5 Å². The summed E-state index contributed by atoms with van der Waals surface area (Å²) in [5.74, 6) is 2.30. The van der Waals surface area contributed by atoms with E-state index in [4.69, 9.17) is 9.47 Å². The number of carbonyl (C=O) groups is 1. The number of nitrogens with zero attached hydrogens (tertiary/aromatic N) is 3. The molecule has 29 heavy (non-hydrogen) atoms. The lowest BCUT2D eigenvalue weighted by atomic mass is 9.77. The van der Waals surface area contributed by atoms with Crippen LogP contribution in [0.2, 0.25) is 0 Å². The number of rotatable bonds is 2. The van der Waals surface area contributed by atoms with Crippen molar-refractivity contribution in [2.24, 2.45) is 11.8 Å². The molecule has 0 spiro atoms. The van der Waals surface area contributed by atoms with E-state index in [1.54, 1.807) is 6.07 Å². The molecule has 0 bridgehead atoms. The summed E-state index contributed by atoms with van der Waals surface area (Å²) in [6.45, 7) is 6.76. The highest BCUT2D eigenvalue weighted by Gasteiger charge is 2.45. The Balaban J connectivity index is 1.25. The van der Waals surface area contributed by atoms with E-state index in [-0.39, 0.29) is 18.1 Å². The Kier molecular flexibility index (Phi) is 5.14. The molecule has 5 rings (SSSR count). The van der Waals surface area contributed by atoms with Crippen LogP contribution in [0.3, 0.4) is 0 Å². The fourth-order valence-electron chi connectivity index (χ4n) is 5.48. The quantitative estimate of drug-likeness (QED) is 0.795. The molecule has 2 saturated heterocycles. The maximum atomic E-state index is 13.1. The van der Waals surface area contributed by atoms with Crippen LogP contribution in [0, 0.1) is 11.8 Å². The van der Waals surface area contributed by atoms with Crippen LogP contribution in [0.15, 0.2) is 18.2 Å². The van der Waals surface area contributed by atoms with Crippen molar-refractivity contribution < 1.29 is 19.4 Å². The molecule has 3 fully saturated rings. The summed E-state index contributed by atoms with van der Waals surface area (Å²) in [4.78, 5) is 19.9. The van der Waals surface area contributed by atoms with Gasteiger partial charge in [0.05, 0.1) is 6.10 Å². The van der Waals surface area contributed by atoms with Crippen molar-refractivity contribution >= 4 is 5.91 Å². The average molecular weight is 402 g/mol. The number of likely N-dealkylation sites (tertiary alicyclic amines) is 1. The molecule has 3 heterocycles. The lowest BCUT2D eigenvalue weighted by Gasteiger charge is -2.44. The van der Waals surface area contributed by atoms with Gasteiger partial charge in [-0.25, -0.2) is 0 Å². The standard InChI is InChI=1S/C22H31N3O4/c1-23-4-6-24(7-5-23)18-10-16-13-25(14-17(16)11-19(18)26)22(27)15-2-3-20-21(12-15)29-9-8-28-20/h2-3,12,16-19,26H,4-11,13-14H2,1H3/t16-,17+,18-,19-/m1/s1. The molecular weight excluding hydrogens is 370 g/mol.